The van der Waals surface area contributed by atoms with E-state index in [2.05, 4.69) is 0 Å². The summed E-state index contributed by atoms with van der Waals surface area (Å²) < 4.78 is 26.6. The van der Waals surface area contributed by atoms with Crippen molar-refractivity contribution < 1.29 is 18.7 Å². The number of hydrogen-bond donors (Lipinski definition) is 1. The quantitative estimate of drug-likeness (QED) is 0.765. The van der Waals surface area contributed by atoms with Gasteiger partial charge >= 0.3 is 5.97 Å². The van der Waals surface area contributed by atoms with E-state index in [1.54, 1.807) is 0 Å². The molecule has 0 spiro atoms. The van der Waals surface area contributed by atoms with Crippen molar-refractivity contribution in [2.24, 2.45) is 0 Å². The summed E-state index contributed by atoms with van der Waals surface area (Å²) in [7, 11) is 0. The Bertz CT molecular complexity index is 436. The molecule has 1 N–H and O–H groups in total. The molecule has 0 bridgehead atoms. The van der Waals surface area contributed by atoms with Gasteiger partial charge in [-0.05, 0) is 31.6 Å². The summed E-state index contributed by atoms with van der Waals surface area (Å²) in [5.74, 6) is -2.69. The number of aryl methyl sites for hydroxylation is 1. The summed E-state index contributed by atoms with van der Waals surface area (Å²) >= 11 is 0. The van der Waals surface area contributed by atoms with E-state index in [0.29, 0.717) is 0 Å². The minimum atomic E-state index is -1.20. The Kier molecular flexibility index (Phi) is 3.19. The predicted octanol–water partition coefficient (Wildman–Crippen LogP) is 2.76. The first kappa shape index (κ1) is 11.4. The molecule has 4 heteroatoms. The molecule has 1 rings (SSSR count). The number of carboxylic acid groups (broad SMARTS) is 1. The molecule has 0 fully saturated rings. The van der Waals surface area contributed by atoms with Crippen molar-refractivity contribution in [3.05, 3.63) is 40.5 Å². The SMILES string of the molecule is C/C(=C\c1c(F)ccc(C)c1F)C(=O)O. The Morgan fingerprint density at radius 3 is 2.53 bits per heavy atom. The maximum Gasteiger partial charge on any atom is 0.331 e. The highest BCUT2D eigenvalue weighted by Gasteiger charge is 2.10. The molecule has 80 valence electrons. The molecular weight excluding hydrogens is 202 g/mol. The van der Waals surface area contributed by atoms with Crippen LogP contribution in [0.3, 0.4) is 0 Å². The van der Waals surface area contributed by atoms with E-state index in [1.165, 1.54) is 19.9 Å². The summed E-state index contributed by atoms with van der Waals surface area (Å²) in [5, 5.41) is 8.58. The molecule has 0 amide bonds. The van der Waals surface area contributed by atoms with Crippen molar-refractivity contribution in [2.45, 2.75) is 13.8 Å². The fourth-order valence-electron chi connectivity index (χ4n) is 1.09. The lowest BCUT2D eigenvalue weighted by molar-refractivity contribution is -0.132. The molecule has 15 heavy (non-hydrogen) atoms. The maximum atomic E-state index is 13.4. The lowest BCUT2D eigenvalue weighted by Crippen LogP contribution is -1.98. The number of hydrogen-bond acceptors (Lipinski definition) is 1. The summed E-state index contributed by atoms with van der Waals surface area (Å²) in [4.78, 5) is 10.5. The molecule has 0 aliphatic heterocycles. The molecule has 0 radical (unpaired) electrons. The number of rotatable bonds is 2. The van der Waals surface area contributed by atoms with Crippen LogP contribution in [0.15, 0.2) is 17.7 Å². The maximum absolute atomic E-state index is 13.4. The van der Waals surface area contributed by atoms with E-state index in [-0.39, 0.29) is 16.7 Å². The molecule has 0 aliphatic carbocycles. The molecule has 0 atom stereocenters. The van der Waals surface area contributed by atoms with Crippen LogP contribution in [0, 0.1) is 18.6 Å². The van der Waals surface area contributed by atoms with Crippen LogP contribution in [-0.2, 0) is 4.79 Å². The minimum Gasteiger partial charge on any atom is -0.478 e. The second-order valence-corrected chi connectivity index (χ2v) is 3.22. The van der Waals surface area contributed by atoms with E-state index in [9.17, 15) is 13.6 Å². The van der Waals surface area contributed by atoms with Gasteiger partial charge in [0.2, 0.25) is 0 Å². The summed E-state index contributed by atoms with van der Waals surface area (Å²) in [6.07, 6.45) is 0.986. The molecule has 0 aliphatic rings. The van der Waals surface area contributed by atoms with Crippen molar-refractivity contribution in [1.29, 1.82) is 0 Å². The fraction of sp³-hybridized carbons (Fsp3) is 0.182. The van der Waals surface area contributed by atoms with Crippen LogP contribution in [0.5, 0.6) is 0 Å². The monoisotopic (exact) mass is 212 g/mol. The van der Waals surface area contributed by atoms with E-state index < -0.39 is 17.6 Å². The molecule has 1 aromatic rings. The van der Waals surface area contributed by atoms with Crippen molar-refractivity contribution in [2.75, 3.05) is 0 Å². The smallest absolute Gasteiger partial charge is 0.331 e. The van der Waals surface area contributed by atoms with Crippen molar-refractivity contribution >= 4 is 12.0 Å². The van der Waals surface area contributed by atoms with Crippen molar-refractivity contribution in [1.82, 2.24) is 0 Å². The highest BCUT2D eigenvalue weighted by molar-refractivity contribution is 5.91. The Morgan fingerprint density at radius 1 is 1.40 bits per heavy atom. The Labute approximate surface area is 85.9 Å². The number of carboxylic acids is 1. The third-order valence-electron chi connectivity index (χ3n) is 2.02. The van der Waals surface area contributed by atoms with Crippen LogP contribution in [0.4, 0.5) is 8.78 Å². The lowest BCUT2D eigenvalue weighted by Gasteiger charge is -2.03. The molecule has 0 saturated heterocycles. The van der Waals surface area contributed by atoms with Crippen LogP contribution < -0.4 is 0 Å². The van der Waals surface area contributed by atoms with Gasteiger partial charge in [0.1, 0.15) is 11.6 Å². The lowest BCUT2D eigenvalue weighted by atomic mass is 10.1. The summed E-state index contributed by atoms with van der Waals surface area (Å²) in [6, 6.07) is 2.41. The molecule has 2 nitrogen and oxygen atoms in total. The number of halogens is 2. The average molecular weight is 212 g/mol. The zero-order valence-corrected chi connectivity index (χ0v) is 8.34. The van der Waals surface area contributed by atoms with Crippen LogP contribution >= 0.6 is 0 Å². The van der Waals surface area contributed by atoms with Gasteiger partial charge in [0, 0.05) is 11.1 Å². The van der Waals surface area contributed by atoms with Gasteiger partial charge in [0.05, 0.1) is 0 Å². The first-order valence-electron chi connectivity index (χ1n) is 4.29. The van der Waals surface area contributed by atoms with Gasteiger partial charge in [0.25, 0.3) is 0 Å². The van der Waals surface area contributed by atoms with Gasteiger partial charge in [0.15, 0.2) is 0 Å². The van der Waals surface area contributed by atoms with Gasteiger partial charge in [-0.1, -0.05) is 6.07 Å². The van der Waals surface area contributed by atoms with Gasteiger partial charge in [-0.2, -0.15) is 0 Å². The van der Waals surface area contributed by atoms with Gasteiger partial charge in [-0.15, -0.1) is 0 Å². The molecular formula is C11H10F2O2. The average Bonchev–Trinajstić information content (AvgIpc) is 2.18. The summed E-state index contributed by atoms with van der Waals surface area (Å²) in [6.45, 7) is 2.77. The number of carbonyl (C=O) groups is 1. The Hall–Kier alpha value is -1.71. The largest absolute Gasteiger partial charge is 0.478 e. The second-order valence-electron chi connectivity index (χ2n) is 3.22. The van der Waals surface area contributed by atoms with Crippen molar-refractivity contribution in [3.8, 4) is 0 Å². The second kappa shape index (κ2) is 4.21. The van der Waals surface area contributed by atoms with Gasteiger partial charge in [-0.25, -0.2) is 13.6 Å². The van der Waals surface area contributed by atoms with E-state index in [1.807, 2.05) is 0 Å². The third kappa shape index (κ3) is 2.40. The normalized spacial score (nSPS) is 11.6. The Morgan fingerprint density at radius 2 is 2.00 bits per heavy atom. The molecule has 0 unspecified atom stereocenters. The van der Waals surface area contributed by atoms with Crippen LogP contribution in [0.1, 0.15) is 18.1 Å². The standard InChI is InChI=1S/C11H10F2O2/c1-6-3-4-9(12)8(10(6)13)5-7(2)11(14)15/h3-5H,1-2H3,(H,14,15)/b7-5+. The van der Waals surface area contributed by atoms with Crippen LogP contribution in [-0.4, -0.2) is 11.1 Å². The highest BCUT2D eigenvalue weighted by atomic mass is 19.1. The van der Waals surface area contributed by atoms with Crippen LogP contribution in [0.25, 0.3) is 6.08 Å². The first-order valence-corrected chi connectivity index (χ1v) is 4.29. The van der Waals surface area contributed by atoms with E-state index >= 15 is 0 Å². The topological polar surface area (TPSA) is 37.3 Å². The minimum absolute atomic E-state index is 0.113. The van der Waals surface area contributed by atoms with E-state index in [4.69, 9.17) is 5.11 Å². The molecule has 1 aromatic carbocycles. The zero-order valence-electron chi connectivity index (χ0n) is 8.34. The molecule has 0 heterocycles. The first-order chi connectivity index (χ1) is 6.93. The Balaban J connectivity index is 3.32. The summed E-state index contributed by atoms with van der Waals surface area (Å²) in [5.41, 5.74) is -0.144. The molecule has 0 saturated carbocycles. The van der Waals surface area contributed by atoms with E-state index in [0.717, 1.165) is 12.1 Å². The zero-order chi connectivity index (χ0) is 11.6. The fourth-order valence-corrected chi connectivity index (χ4v) is 1.09. The third-order valence-corrected chi connectivity index (χ3v) is 2.02. The van der Waals surface area contributed by atoms with Crippen molar-refractivity contribution in [3.63, 3.8) is 0 Å². The van der Waals surface area contributed by atoms with Gasteiger partial charge < -0.3 is 5.11 Å². The predicted molar refractivity (Wildman–Crippen MR) is 52.4 cm³/mol. The number of benzene rings is 1. The molecule has 0 aromatic heterocycles. The van der Waals surface area contributed by atoms with Gasteiger partial charge in [-0.3, -0.25) is 0 Å². The van der Waals surface area contributed by atoms with Crippen LogP contribution in [0.2, 0.25) is 0 Å². The highest BCUT2D eigenvalue weighted by Crippen LogP contribution is 2.19. The number of aliphatic carboxylic acids is 1.